The zero-order valence-corrected chi connectivity index (χ0v) is 11.3. The van der Waals surface area contributed by atoms with E-state index < -0.39 is 6.10 Å². The van der Waals surface area contributed by atoms with Crippen molar-refractivity contribution >= 4 is 0 Å². The minimum absolute atomic E-state index is 0.133. The van der Waals surface area contributed by atoms with Crippen LogP contribution in [0, 0.1) is 0 Å². The first-order chi connectivity index (χ1) is 9.15. The molecule has 0 saturated heterocycles. The van der Waals surface area contributed by atoms with Crippen molar-refractivity contribution in [1.29, 1.82) is 0 Å². The van der Waals surface area contributed by atoms with E-state index in [0.29, 0.717) is 11.7 Å². The Morgan fingerprint density at radius 3 is 2.84 bits per heavy atom. The van der Waals surface area contributed by atoms with Gasteiger partial charge in [0.05, 0.1) is 19.1 Å². The average molecular weight is 262 g/mol. The predicted molar refractivity (Wildman–Crippen MR) is 71.0 cm³/mol. The van der Waals surface area contributed by atoms with Gasteiger partial charge in [0.1, 0.15) is 5.75 Å². The van der Waals surface area contributed by atoms with Crippen molar-refractivity contribution in [3.8, 4) is 17.1 Å². The van der Waals surface area contributed by atoms with E-state index in [1.165, 1.54) is 0 Å². The molecule has 2 unspecified atom stereocenters. The largest absolute Gasteiger partial charge is 0.497 e. The predicted octanol–water partition coefficient (Wildman–Crippen LogP) is 2.62. The fourth-order valence-electron chi connectivity index (χ4n) is 1.99. The Labute approximate surface area is 112 Å². The maximum atomic E-state index is 9.68. The van der Waals surface area contributed by atoms with Gasteiger partial charge in [0.25, 0.3) is 0 Å². The van der Waals surface area contributed by atoms with Crippen molar-refractivity contribution in [3.05, 3.63) is 30.2 Å². The lowest BCUT2D eigenvalue weighted by Gasteiger charge is -2.12. The highest BCUT2D eigenvalue weighted by atomic mass is 16.5. The first-order valence-corrected chi connectivity index (χ1v) is 6.31. The van der Waals surface area contributed by atoms with Gasteiger partial charge in [-0.3, -0.25) is 0 Å². The molecule has 0 aliphatic carbocycles. The molecule has 1 aromatic heterocycles. The summed E-state index contributed by atoms with van der Waals surface area (Å²) in [4.78, 5) is 4.35. The molecule has 2 rings (SSSR count). The van der Waals surface area contributed by atoms with Gasteiger partial charge in [0, 0.05) is 5.56 Å². The molecule has 19 heavy (non-hydrogen) atoms. The number of hydrogen-bond acceptors (Lipinski definition) is 5. The third-order valence-corrected chi connectivity index (χ3v) is 3.11. The molecule has 2 atom stereocenters. The third kappa shape index (κ3) is 2.93. The van der Waals surface area contributed by atoms with Crippen LogP contribution in [-0.2, 0) is 0 Å². The van der Waals surface area contributed by atoms with E-state index in [2.05, 4.69) is 10.1 Å². The third-order valence-electron chi connectivity index (χ3n) is 3.11. The number of methoxy groups -OCH3 is 1. The van der Waals surface area contributed by atoms with E-state index in [9.17, 15) is 5.11 Å². The summed E-state index contributed by atoms with van der Waals surface area (Å²) in [6.07, 6.45) is 0.237. The fourth-order valence-corrected chi connectivity index (χ4v) is 1.99. The number of hydrogen-bond donors (Lipinski definition) is 1. The van der Waals surface area contributed by atoms with E-state index in [0.717, 1.165) is 17.7 Å². The number of aliphatic hydroxyl groups is 1. The molecular formula is C14H18N2O3. The van der Waals surface area contributed by atoms with Crippen LogP contribution in [0.4, 0.5) is 0 Å². The molecule has 5 heteroatoms. The number of benzene rings is 1. The molecule has 2 aromatic rings. The second-order valence-corrected chi connectivity index (χ2v) is 4.44. The van der Waals surface area contributed by atoms with Crippen LogP contribution in [0.25, 0.3) is 11.4 Å². The molecule has 0 aliphatic heterocycles. The molecular weight excluding hydrogens is 244 g/mol. The quantitative estimate of drug-likeness (QED) is 0.897. The van der Waals surface area contributed by atoms with Crippen LogP contribution in [0.5, 0.6) is 5.75 Å². The Kier molecular flexibility index (Phi) is 4.16. The Hall–Kier alpha value is -1.88. The molecule has 5 nitrogen and oxygen atoms in total. The molecule has 0 spiro atoms. The van der Waals surface area contributed by atoms with E-state index in [1.54, 1.807) is 14.0 Å². The number of aromatic nitrogens is 2. The summed E-state index contributed by atoms with van der Waals surface area (Å²) in [5.74, 6) is 1.58. The Balaban J connectivity index is 2.29. The van der Waals surface area contributed by atoms with Crippen LogP contribution in [0.3, 0.4) is 0 Å². The number of rotatable bonds is 5. The Morgan fingerprint density at radius 2 is 2.21 bits per heavy atom. The normalized spacial score (nSPS) is 14.1. The average Bonchev–Trinajstić information content (AvgIpc) is 2.89. The molecule has 0 fully saturated rings. The zero-order chi connectivity index (χ0) is 13.8. The lowest BCUT2D eigenvalue weighted by molar-refractivity contribution is 0.141. The van der Waals surface area contributed by atoms with Gasteiger partial charge in [-0.2, -0.15) is 4.98 Å². The van der Waals surface area contributed by atoms with Crippen LogP contribution >= 0.6 is 0 Å². The SMILES string of the molecule is CCC(c1nc(-c2cccc(OC)c2)no1)C(C)O. The van der Waals surface area contributed by atoms with Crippen molar-refractivity contribution in [3.63, 3.8) is 0 Å². The smallest absolute Gasteiger partial charge is 0.232 e. The maximum Gasteiger partial charge on any atom is 0.232 e. The second kappa shape index (κ2) is 5.84. The molecule has 1 heterocycles. The summed E-state index contributed by atoms with van der Waals surface area (Å²) in [6, 6.07) is 7.46. The topological polar surface area (TPSA) is 68.4 Å². The van der Waals surface area contributed by atoms with E-state index in [4.69, 9.17) is 9.26 Å². The van der Waals surface area contributed by atoms with Crippen LogP contribution in [0.15, 0.2) is 28.8 Å². The van der Waals surface area contributed by atoms with Crippen LogP contribution in [0.2, 0.25) is 0 Å². The molecule has 102 valence electrons. The molecule has 0 radical (unpaired) electrons. The second-order valence-electron chi connectivity index (χ2n) is 4.44. The van der Waals surface area contributed by atoms with Gasteiger partial charge in [-0.25, -0.2) is 0 Å². The summed E-state index contributed by atoms with van der Waals surface area (Å²) >= 11 is 0. The minimum atomic E-state index is -0.511. The lowest BCUT2D eigenvalue weighted by Crippen LogP contribution is -2.13. The molecule has 1 N–H and O–H groups in total. The highest BCUT2D eigenvalue weighted by Gasteiger charge is 2.22. The van der Waals surface area contributed by atoms with E-state index in [1.807, 2.05) is 31.2 Å². The van der Waals surface area contributed by atoms with Gasteiger partial charge in [0.15, 0.2) is 0 Å². The number of nitrogens with zero attached hydrogens (tertiary/aromatic N) is 2. The van der Waals surface area contributed by atoms with Crippen molar-refractivity contribution in [2.45, 2.75) is 32.3 Å². The highest BCUT2D eigenvalue weighted by Crippen LogP contribution is 2.26. The first kappa shape index (κ1) is 13.5. The summed E-state index contributed by atoms with van der Waals surface area (Å²) < 4.78 is 10.4. The first-order valence-electron chi connectivity index (χ1n) is 6.31. The standard InChI is InChI=1S/C14H18N2O3/c1-4-12(9(2)17)14-15-13(16-19-14)10-6-5-7-11(8-10)18-3/h5-9,12,17H,4H2,1-3H3. The van der Waals surface area contributed by atoms with Gasteiger partial charge in [-0.1, -0.05) is 24.2 Å². The Bertz CT molecular complexity index is 537. The minimum Gasteiger partial charge on any atom is -0.497 e. The molecule has 0 amide bonds. The van der Waals surface area contributed by atoms with Crippen molar-refractivity contribution in [2.24, 2.45) is 0 Å². The van der Waals surface area contributed by atoms with Crippen LogP contribution in [0.1, 0.15) is 32.1 Å². The number of ether oxygens (including phenoxy) is 1. The molecule has 0 bridgehead atoms. The van der Waals surface area contributed by atoms with Crippen molar-refractivity contribution < 1.29 is 14.4 Å². The van der Waals surface area contributed by atoms with Gasteiger partial charge in [-0.05, 0) is 25.5 Å². The summed E-state index contributed by atoms with van der Waals surface area (Å²) in [5, 5.41) is 13.6. The van der Waals surface area contributed by atoms with E-state index in [-0.39, 0.29) is 5.92 Å². The van der Waals surface area contributed by atoms with Crippen molar-refractivity contribution in [2.75, 3.05) is 7.11 Å². The lowest BCUT2D eigenvalue weighted by atomic mass is 10.0. The molecule has 0 saturated carbocycles. The molecule has 1 aromatic carbocycles. The summed E-state index contributed by atoms with van der Waals surface area (Å²) in [6.45, 7) is 3.70. The van der Waals surface area contributed by atoms with Gasteiger partial charge in [-0.15, -0.1) is 0 Å². The highest BCUT2D eigenvalue weighted by molar-refractivity contribution is 5.56. The van der Waals surface area contributed by atoms with Gasteiger partial charge in [0.2, 0.25) is 11.7 Å². The fraction of sp³-hybridized carbons (Fsp3) is 0.429. The van der Waals surface area contributed by atoms with Crippen LogP contribution < -0.4 is 4.74 Å². The van der Waals surface area contributed by atoms with Crippen molar-refractivity contribution in [1.82, 2.24) is 10.1 Å². The maximum absolute atomic E-state index is 9.68. The van der Waals surface area contributed by atoms with E-state index >= 15 is 0 Å². The summed E-state index contributed by atoms with van der Waals surface area (Å²) in [7, 11) is 1.61. The zero-order valence-electron chi connectivity index (χ0n) is 11.3. The van der Waals surface area contributed by atoms with Gasteiger partial charge >= 0.3 is 0 Å². The summed E-state index contributed by atoms with van der Waals surface area (Å²) in [5.41, 5.74) is 0.829. The Morgan fingerprint density at radius 1 is 1.42 bits per heavy atom. The molecule has 0 aliphatic rings. The number of aliphatic hydroxyl groups excluding tert-OH is 1. The van der Waals surface area contributed by atoms with Crippen LogP contribution in [-0.4, -0.2) is 28.5 Å². The van der Waals surface area contributed by atoms with Gasteiger partial charge < -0.3 is 14.4 Å². The monoisotopic (exact) mass is 262 g/mol.